The molecule has 10 heteroatoms. The number of nitrogens with two attached hydrogens (primary N) is 1. The fourth-order valence-electron chi connectivity index (χ4n) is 4.72. The summed E-state index contributed by atoms with van der Waals surface area (Å²) in [6.45, 7) is 0.498. The van der Waals surface area contributed by atoms with E-state index in [1.54, 1.807) is 30.7 Å². The van der Waals surface area contributed by atoms with Gasteiger partial charge in [-0.3, -0.25) is 4.98 Å². The van der Waals surface area contributed by atoms with E-state index in [0.29, 0.717) is 24.0 Å². The van der Waals surface area contributed by atoms with Crippen molar-refractivity contribution in [2.75, 3.05) is 25.6 Å². The summed E-state index contributed by atoms with van der Waals surface area (Å²) in [5.74, 6) is -0.717. The third-order valence-corrected chi connectivity index (χ3v) is 6.47. The monoisotopic (exact) mass is 494 g/mol. The van der Waals surface area contributed by atoms with Crippen LogP contribution >= 0.6 is 0 Å². The Morgan fingerprint density at radius 1 is 1.11 bits per heavy atom. The molecule has 2 atom stereocenters. The average molecular weight is 495 g/mol. The highest BCUT2D eigenvalue weighted by Crippen LogP contribution is 2.36. The van der Waals surface area contributed by atoms with Crippen LogP contribution in [-0.2, 0) is 4.74 Å². The molecule has 1 saturated carbocycles. The molecule has 4 aromatic rings. The second-order valence-electron chi connectivity index (χ2n) is 8.95. The van der Waals surface area contributed by atoms with E-state index in [2.05, 4.69) is 20.4 Å². The highest BCUT2D eigenvalue weighted by Gasteiger charge is 2.24. The summed E-state index contributed by atoms with van der Waals surface area (Å²) in [7, 11) is 1.52. The summed E-state index contributed by atoms with van der Waals surface area (Å²) in [6.07, 6.45) is 9.25. The maximum Gasteiger partial charge on any atom is 0.229 e. The van der Waals surface area contributed by atoms with Gasteiger partial charge in [-0.25, -0.2) is 13.8 Å². The Kier molecular flexibility index (Phi) is 7.06. The number of anilines is 2. The summed E-state index contributed by atoms with van der Waals surface area (Å²) < 4.78 is 41.6. The number of ether oxygens (including phenoxy) is 2. The second kappa shape index (κ2) is 10.5. The number of halogens is 2. The van der Waals surface area contributed by atoms with Gasteiger partial charge in [-0.1, -0.05) is 6.42 Å². The normalized spacial score (nSPS) is 17.9. The van der Waals surface area contributed by atoms with Crippen LogP contribution in [0.15, 0.2) is 48.9 Å². The lowest BCUT2D eigenvalue weighted by molar-refractivity contribution is 0.146. The third-order valence-electron chi connectivity index (χ3n) is 6.47. The second-order valence-corrected chi connectivity index (χ2v) is 8.95. The summed E-state index contributed by atoms with van der Waals surface area (Å²) in [5, 5.41) is 7.81. The first-order valence-electron chi connectivity index (χ1n) is 12.0. The molecule has 0 aliphatic heterocycles. The summed E-state index contributed by atoms with van der Waals surface area (Å²) in [5.41, 5.74) is 8.71. The SMILES string of the molecule is COCCOc1cc(F)c(-c2ccc3cnc(Nc4cnccc4[C@@H]4CCC[C@H](N)C4)n3n2)c(F)c1. The van der Waals surface area contributed by atoms with Gasteiger partial charge in [0.05, 0.1) is 41.5 Å². The van der Waals surface area contributed by atoms with Crippen molar-refractivity contribution in [2.45, 2.75) is 37.6 Å². The zero-order valence-electron chi connectivity index (χ0n) is 20.0. The van der Waals surface area contributed by atoms with Gasteiger partial charge in [-0.15, -0.1) is 0 Å². The summed E-state index contributed by atoms with van der Waals surface area (Å²) in [6, 6.07) is 7.75. The number of nitrogens with one attached hydrogen (secondary N) is 1. The predicted octanol–water partition coefficient (Wildman–Crippen LogP) is 4.82. The molecule has 0 bridgehead atoms. The quantitative estimate of drug-likeness (QED) is 0.339. The number of imidazole rings is 1. The Bertz CT molecular complexity index is 1340. The molecule has 3 heterocycles. The molecule has 1 fully saturated rings. The van der Waals surface area contributed by atoms with Crippen molar-refractivity contribution in [1.82, 2.24) is 19.6 Å². The molecular formula is C26H28F2N6O2. The van der Waals surface area contributed by atoms with Crippen LogP contribution in [0.2, 0.25) is 0 Å². The van der Waals surface area contributed by atoms with Crippen molar-refractivity contribution in [2.24, 2.45) is 5.73 Å². The van der Waals surface area contributed by atoms with E-state index >= 15 is 0 Å². The van der Waals surface area contributed by atoms with Crippen LogP contribution in [0, 0.1) is 11.6 Å². The first-order valence-corrected chi connectivity index (χ1v) is 12.0. The molecule has 1 aromatic carbocycles. The summed E-state index contributed by atoms with van der Waals surface area (Å²) in [4.78, 5) is 8.72. The van der Waals surface area contributed by atoms with E-state index in [1.165, 1.54) is 11.6 Å². The number of nitrogens with zero attached hydrogens (tertiary/aromatic N) is 4. The molecule has 0 radical (unpaired) electrons. The van der Waals surface area contributed by atoms with Crippen molar-refractivity contribution in [3.63, 3.8) is 0 Å². The molecule has 8 nitrogen and oxygen atoms in total. The van der Waals surface area contributed by atoms with Crippen LogP contribution in [-0.4, -0.2) is 45.9 Å². The maximum atomic E-state index is 14.9. The average Bonchev–Trinajstić information content (AvgIpc) is 3.26. The summed E-state index contributed by atoms with van der Waals surface area (Å²) >= 11 is 0. The Balaban J connectivity index is 1.45. The van der Waals surface area contributed by atoms with Gasteiger partial charge >= 0.3 is 0 Å². The van der Waals surface area contributed by atoms with E-state index in [1.807, 2.05) is 6.07 Å². The van der Waals surface area contributed by atoms with Crippen LogP contribution in [0.4, 0.5) is 20.4 Å². The fraction of sp³-hybridized carbons (Fsp3) is 0.346. The van der Waals surface area contributed by atoms with Crippen LogP contribution in [0.1, 0.15) is 37.2 Å². The number of benzene rings is 1. The zero-order chi connectivity index (χ0) is 25.1. The minimum Gasteiger partial charge on any atom is -0.491 e. The van der Waals surface area contributed by atoms with Crippen molar-refractivity contribution in [1.29, 1.82) is 0 Å². The molecule has 1 aliphatic rings. The lowest BCUT2D eigenvalue weighted by Gasteiger charge is -2.28. The fourth-order valence-corrected chi connectivity index (χ4v) is 4.72. The van der Waals surface area contributed by atoms with Gasteiger partial charge < -0.3 is 20.5 Å². The number of hydrogen-bond donors (Lipinski definition) is 2. The standard InChI is InChI=1S/C26H28F2N6O2/c1-35-9-10-36-19-12-21(27)25(22(28)13-19)23-6-5-18-14-31-26(34(18)33-23)32-24-15-30-8-7-20(24)16-3-2-4-17(29)11-16/h5-8,12-17H,2-4,9-11,29H2,1H3,(H,31,32)/t16-,17+/m1/s1. The number of hydrogen-bond acceptors (Lipinski definition) is 7. The number of aromatic nitrogens is 4. The topological polar surface area (TPSA) is 99.6 Å². The van der Waals surface area contributed by atoms with Gasteiger partial charge in [0.15, 0.2) is 0 Å². The largest absolute Gasteiger partial charge is 0.491 e. The van der Waals surface area contributed by atoms with Crippen molar-refractivity contribution < 1.29 is 18.3 Å². The lowest BCUT2D eigenvalue weighted by Crippen LogP contribution is -2.27. The minimum absolute atomic E-state index is 0.0865. The molecule has 1 aliphatic carbocycles. The third kappa shape index (κ3) is 5.00. The smallest absolute Gasteiger partial charge is 0.229 e. The van der Waals surface area contributed by atoms with Gasteiger partial charge in [0, 0.05) is 31.5 Å². The molecule has 0 unspecified atom stereocenters. The van der Waals surface area contributed by atoms with E-state index in [4.69, 9.17) is 15.2 Å². The zero-order valence-corrected chi connectivity index (χ0v) is 20.0. The molecule has 3 aromatic heterocycles. The van der Waals surface area contributed by atoms with E-state index < -0.39 is 11.6 Å². The van der Waals surface area contributed by atoms with E-state index in [9.17, 15) is 8.78 Å². The number of methoxy groups -OCH3 is 1. The maximum absolute atomic E-state index is 14.9. The van der Waals surface area contributed by atoms with Gasteiger partial charge in [-0.2, -0.15) is 9.61 Å². The Labute approximate surface area is 207 Å². The Morgan fingerprint density at radius 3 is 2.72 bits per heavy atom. The van der Waals surface area contributed by atoms with Crippen LogP contribution in [0.25, 0.3) is 16.8 Å². The van der Waals surface area contributed by atoms with Crippen molar-refractivity contribution in [3.8, 4) is 17.0 Å². The molecule has 188 valence electrons. The molecule has 3 N–H and O–H groups in total. The highest BCUT2D eigenvalue weighted by atomic mass is 19.1. The number of fused-ring (bicyclic) bond motifs is 1. The van der Waals surface area contributed by atoms with Crippen molar-refractivity contribution in [3.05, 3.63) is 66.1 Å². The van der Waals surface area contributed by atoms with Crippen LogP contribution in [0.5, 0.6) is 5.75 Å². The molecule has 5 rings (SSSR count). The predicted molar refractivity (Wildman–Crippen MR) is 132 cm³/mol. The molecule has 0 spiro atoms. The van der Waals surface area contributed by atoms with E-state index in [0.717, 1.165) is 49.1 Å². The number of pyridine rings is 1. The highest BCUT2D eigenvalue weighted by molar-refractivity contribution is 5.66. The van der Waals surface area contributed by atoms with E-state index in [-0.39, 0.29) is 29.7 Å². The number of rotatable bonds is 8. The van der Waals surface area contributed by atoms with Gasteiger partial charge in [-0.05, 0) is 48.9 Å². The van der Waals surface area contributed by atoms with Crippen molar-refractivity contribution >= 4 is 17.2 Å². The first kappa shape index (κ1) is 24.1. The van der Waals surface area contributed by atoms with Crippen LogP contribution < -0.4 is 15.8 Å². The molecule has 0 saturated heterocycles. The minimum atomic E-state index is -0.771. The molecular weight excluding hydrogens is 466 g/mol. The van der Waals surface area contributed by atoms with Crippen LogP contribution in [0.3, 0.4) is 0 Å². The first-order chi connectivity index (χ1) is 17.5. The van der Waals surface area contributed by atoms with Gasteiger partial charge in [0.2, 0.25) is 5.95 Å². The lowest BCUT2D eigenvalue weighted by atomic mass is 9.81. The molecule has 0 amide bonds. The molecule has 36 heavy (non-hydrogen) atoms. The Morgan fingerprint density at radius 2 is 1.94 bits per heavy atom. The van der Waals surface area contributed by atoms with Gasteiger partial charge in [0.1, 0.15) is 24.0 Å². The van der Waals surface area contributed by atoms with Gasteiger partial charge in [0.25, 0.3) is 0 Å². The Hall–Kier alpha value is -3.63.